The molecule has 7 aliphatic rings. The van der Waals surface area contributed by atoms with Crippen LogP contribution in [0.15, 0.2) is 24.4 Å². The molecular formula is C61H100N6O40. The Morgan fingerprint density at radius 1 is 0.411 bits per heavy atom. The van der Waals surface area contributed by atoms with E-state index in [1.165, 1.54) is 12.3 Å². The lowest BCUT2D eigenvalue weighted by atomic mass is 9.93. The second kappa shape index (κ2) is 39.7. The van der Waals surface area contributed by atoms with Crippen molar-refractivity contribution < 1.29 is 198 Å². The highest BCUT2D eigenvalue weighted by atomic mass is 16.8. The Morgan fingerprint density at radius 3 is 1.30 bits per heavy atom. The molecule has 0 bridgehead atoms. The summed E-state index contributed by atoms with van der Waals surface area (Å²) in [4.78, 5) is 55.4. The van der Waals surface area contributed by atoms with Crippen molar-refractivity contribution in [3.05, 3.63) is 24.4 Å². The van der Waals surface area contributed by atoms with Crippen molar-refractivity contribution in [2.45, 2.75) is 267 Å². The van der Waals surface area contributed by atoms with Crippen LogP contribution in [0.1, 0.15) is 27.7 Å². The Bertz CT molecular complexity index is 2920. The smallest absolute Gasteiger partial charge is 0.217 e. The fourth-order valence-electron chi connectivity index (χ4n) is 13.2. The van der Waals surface area contributed by atoms with Gasteiger partial charge in [0.25, 0.3) is 0 Å². The summed E-state index contributed by atoms with van der Waals surface area (Å²) in [7, 11) is 0. The monoisotopic (exact) mass is 1560 g/mol. The number of nitrogens with zero attached hydrogens (tertiary/aromatic N) is 1. The van der Waals surface area contributed by atoms with Crippen LogP contribution < -0.4 is 26.6 Å². The first-order valence-corrected chi connectivity index (χ1v) is 34.1. The molecule has 7 aliphatic heterocycles. The number of aromatic nitrogens is 1. The average molecular weight is 1560 g/mol. The predicted octanol–water partition coefficient (Wildman–Crippen LogP) is -16.7. The van der Waals surface area contributed by atoms with Crippen LogP contribution >= 0.6 is 0 Å². The molecule has 614 valence electrons. The van der Waals surface area contributed by atoms with Gasteiger partial charge in [0, 0.05) is 40.4 Å². The molecule has 0 aromatic carbocycles. The molecule has 8 rings (SSSR count). The first-order chi connectivity index (χ1) is 50.7. The van der Waals surface area contributed by atoms with Crippen molar-refractivity contribution in [2.75, 3.05) is 64.7 Å². The fraction of sp³-hybridized carbons (Fsp3) is 0.852. The van der Waals surface area contributed by atoms with E-state index in [1.54, 1.807) is 12.1 Å². The Morgan fingerprint density at radius 2 is 0.822 bits per heavy atom. The topological polar surface area (TPSA) is 716 Å². The van der Waals surface area contributed by atoms with E-state index in [9.17, 15) is 132 Å². The molecule has 27 N–H and O–H groups in total. The number of carbonyl (C=O) groups excluding carboxylic acids is 4. The highest BCUT2D eigenvalue weighted by molar-refractivity contribution is 5.74. The van der Waals surface area contributed by atoms with Gasteiger partial charge in [0.2, 0.25) is 23.6 Å². The summed E-state index contributed by atoms with van der Waals surface area (Å²) in [5, 5.41) is 258. The van der Waals surface area contributed by atoms with Gasteiger partial charge < -0.3 is 205 Å². The number of anilines is 1. The molecule has 0 aliphatic carbocycles. The first-order valence-electron chi connectivity index (χ1n) is 34.1. The number of nitrogens with one attached hydrogen (secondary N) is 5. The second-order valence-corrected chi connectivity index (χ2v) is 26.6. The minimum absolute atomic E-state index is 0.249. The van der Waals surface area contributed by atoms with E-state index in [1.807, 2.05) is 0 Å². The molecule has 1 aromatic rings. The molecule has 107 heavy (non-hydrogen) atoms. The van der Waals surface area contributed by atoms with Gasteiger partial charge >= 0.3 is 0 Å². The molecular weight excluding hydrogens is 1460 g/mol. The quantitative estimate of drug-likeness (QED) is 0.0318. The van der Waals surface area contributed by atoms with Gasteiger partial charge in [0.1, 0.15) is 195 Å². The number of ether oxygens (including phenoxy) is 14. The van der Waals surface area contributed by atoms with Crippen molar-refractivity contribution in [1.82, 2.24) is 26.3 Å². The third-order valence-electron chi connectivity index (χ3n) is 18.9. The van der Waals surface area contributed by atoms with Crippen LogP contribution in [0.25, 0.3) is 0 Å². The minimum atomic E-state index is -2.64. The highest BCUT2D eigenvalue weighted by Crippen LogP contribution is 2.39. The number of pyridine rings is 1. The Balaban J connectivity index is 1.22. The third kappa shape index (κ3) is 21.0. The van der Waals surface area contributed by atoms with Gasteiger partial charge in [-0.25, -0.2) is 4.98 Å². The third-order valence-corrected chi connectivity index (χ3v) is 18.9. The van der Waals surface area contributed by atoms with E-state index in [-0.39, 0.29) is 12.4 Å². The molecule has 7 saturated heterocycles. The number of hydrogen-bond acceptors (Lipinski definition) is 42. The second-order valence-electron chi connectivity index (χ2n) is 26.6. The normalized spacial score (nSPS) is 43.1. The zero-order chi connectivity index (χ0) is 78.7. The maximum atomic E-state index is 13.2. The van der Waals surface area contributed by atoms with Gasteiger partial charge in [-0.3, -0.25) is 19.2 Å². The van der Waals surface area contributed by atoms with E-state index >= 15 is 0 Å². The van der Waals surface area contributed by atoms with Crippen LogP contribution in [0, 0.1) is 0 Å². The van der Waals surface area contributed by atoms with Crippen LogP contribution in [-0.4, -0.2) is 439 Å². The zero-order valence-electron chi connectivity index (χ0n) is 57.8. The van der Waals surface area contributed by atoms with Crippen LogP contribution in [0.3, 0.4) is 0 Å². The molecule has 39 atom stereocenters. The van der Waals surface area contributed by atoms with Crippen molar-refractivity contribution >= 4 is 29.4 Å². The number of hydrogen-bond donors (Lipinski definition) is 27. The maximum Gasteiger partial charge on any atom is 0.217 e. The highest BCUT2D eigenvalue weighted by Gasteiger charge is 2.60. The van der Waals surface area contributed by atoms with E-state index in [0.717, 1.165) is 27.7 Å². The van der Waals surface area contributed by atoms with Gasteiger partial charge in [-0.1, -0.05) is 6.07 Å². The van der Waals surface area contributed by atoms with E-state index < -0.39 is 316 Å². The molecule has 46 heteroatoms. The lowest BCUT2D eigenvalue weighted by molar-refractivity contribution is -0.405. The van der Waals surface area contributed by atoms with E-state index in [0.29, 0.717) is 0 Å². The Labute approximate surface area is 608 Å². The fourth-order valence-corrected chi connectivity index (χ4v) is 13.2. The van der Waals surface area contributed by atoms with Crippen molar-refractivity contribution in [3.8, 4) is 0 Å². The molecule has 8 heterocycles. The van der Waals surface area contributed by atoms with E-state index in [2.05, 4.69) is 31.6 Å². The molecule has 46 nitrogen and oxygen atoms in total. The molecule has 0 spiro atoms. The number of carbonyl (C=O) groups is 4. The van der Waals surface area contributed by atoms with Gasteiger partial charge in [0.05, 0.1) is 58.9 Å². The summed E-state index contributed by atoms with van der Waals surface area (Å²) >= 11 is 0. The van der Waals surface area contributed by atoms with Crippen molar-refractivity contribution in [3.63, 3.8) is 0 Å². The van der Waals surface area contributed by atoms with E-state index in [4.69, 9.17) is 66.3 Å². The lowest BCUT2D eigenvalue weighted by Crippen LogP contribution is -2.71. The average Bonchev–Trinajstić information content (AvgIpc) is 0.761. The van der Waals surface area contributed by atoms with Gasteiger partial charge in [-0.05, 0) is 12.1 Å². The van der Waals surface area contributed by atoms with Crippen LogP contribution in [0.5, 0.6) is 0 Å². The zero-order valence-corrected chi connectivity index (χ0v) is 57.8. The Kier molecular flexibility index (Phi) is 32.7. The summed E-state index contributed by atoms with van der Waals surface area (Å²) in [5.41, 5.74) is 0. The molecule has 0 saturated carbocycles. The number of aliphatic hydroxyl groups excluding tert-OH is 22. The summed E-state index contributed by atoms with van der Waals surface area (Å²) in [5.74, 6) is -3.25. The molecule has 0 radical (unpaired) electrons. The standard InChI is InChI=1S/C61H100N6O40/c1-18(74)64-22(9-63-31-7-5-6-8-62-31)35(79)50(23(78)10-68)103-57-34(67-21(4)77)43(87)51(28(15-73)100-57)104-60-49(93)53(106-61-54(46(90)39(83)27(14-72)99-61)107-56-33(66-20(3)76)42(86)37(81)25(12-70)97-56)52(105-55-32(65-19(2)75)41(85)36(80)24(11-69)96-55)30(102-60)17-95-59-48(92)45(89)40(84)29(101-59)16-94-58-47(91)44(88)38(82)26(13-71)98-58/h5-8,22-30,32-61,68-73,78-93H,9-17H2,1-4H3,(H,62,63)(H,64,74)(H,65,75)(H,66,76)(H,67,77)/t22-,23+,24+,25+,26+,27+,28+,29+,30+,32+,33+,34+,35+,36+,37+,38+,39+,40+,41+,42+,43+,44-,45-,46-,47-,48-,49-,50+,51+,52+,53+,54-,55-,56-,57-,58-,59-,60-,61+/m0/s1. The first kappa shape index (κ1) is 88.0. The summed E-state index contributed by atoms with van der Waals surface area (Å²) in [6.07, 6.45) is -72.6. The van der Waals surface area contributed by atoms with Gasteiger partial charge in [-0.15, -0.1) is 0 Å². The number of aliphatic hydroxyl groups is 22. The van der Waals surface area contributed by atoms with Crippen molar-refractivity contribution in [2.24, 2.45) is 0 Å². The maximum absolute atomic E-state index is 13.2. The summed E-state index contributed by atoms with van der Waals surface area (Å²) in [6, 6.07) is -2.40. The molecule has 1 aromatic heterocycles. The van der Waals surface area contributed by atoms with Gasteiger partial charge in [0.15, 0.2) is 44.0 Å². The summed E-state index contributed by atoms with van der Waals surface area (Å²) < 4.78 is 84.7. The summed E-state index contributed by atoms with van der Waals surface area (Å²) in [6.45, 7) is -5.13. The number of rotatable bonds is 32. The van der Waals surface area contributed by atoms with Crippen LogP contribution in [-0.2, 0) is 85.5 Å². The SMILES string of the molecule is CC(=O)N[C@H]1[C@H](O[C@@H]([C@H](O)[C@H](CNc2ccccn2)NC(C)=O)[C@H](O)CO)O[C@H](CO)[C@@H](O[C@@H]2O[C@H](CO[C@H]3O[C@H](CO[C@H]4O[C@H](CO)[C@@H](O)[C@H](O)[C@@H]4O)[C@@H](O)[C@H](O)[C@@H]3O)[C@@H](O[C@@H]3O[C@H](CO)[C@@H](O)[C@H](O)[C@H]3NC(C)=O)[C@H](O[C@H]3O[C@H](CO)[C@@H](O)[C@H](O)[C@@H]3O[C@@H]3O[C@H](CO)[C@@H](O)[C@H](O)[C@H]3NC(C)=O)[C@@H]2O)[C@@H]1O. The lowest BCUT2D eigenvalue weighted by Gasteiger charge is -2.52. The molecule has 7 fully saturated rings. The number of amides is 4. The molecule has 4 amide bonds. The van der Waals surface area contributed by atoms with Crippen LogP contribution in [0.4, 0.5) is 5.82 Å². The van der Waals surface area contributed by atoms with Crippen LogP contribution in [0.2, 0.25) is 0 Å². The molecule has 0 unspecified atom stereocenters. The largest absolute Gasteiger partial charge is 0.394 e. The Hall–Kier alpha value is -4.61. The predicted molar refractivity (Wildman–Crippen MR) is 339 cm³/mol. The minimum Gasteiger partial charge on any atom is -0.394 e. The van der Waals surface area contributed by atoms with Gasteiger partial charge in [-0.2, -0.15) is 0 Å². The van der Waals surface area contributed by atoms with Crippen molar-refractivity contribution in [1.29, 1.82) is 0 Å².